The lowest BCUT2D eigenvalue weighted by atomic mass is 10.2. The lowest BCUT2D eigenvalue weighted by molar-refractivity contribution is 0.628. The molecule has 18 heavy (non-hydrogen) atoms. The molecule has 3 N–H and O–H groups in total. The van der Waals surface area contributed by atoms with Crippen molar-refractivity contribution in [1.82, 2.24) is 4.98 Å². The molecule has 0 aliphatic carbocycles. The van der Waals surface area contributed by atoms with Gasteiger partial charge in [0.25, 0.3) is 0 Å². The largest absolute Gasteiger partial charge is 0.397 e. The Morgan fingerprint density at radius 1 is 1.22 bits per heavy atom. The zero-order valence-electron chi connectivity index (χ0n) is 9.47. The van der Waals surface area contributed by atoms with Crippen LogP contribution in [-0.4, -0.2) is 4.98 Å². The highest BCUT2D eigenvalue weighted by atomic mass is 35.5. The Kier molecular flexibility index (Phi) is 3.59. The van der Waals surface area contributed by atoms with Gasteiger partial charge < -0.3 is 11.1 Å². The van der Waals surface area contributed by atoms with Crippen LogP contribution < -0.4 is 11.1 Å². The fourth-order valence-electron chi connectivity index (χ4n) is 1.51. The van der Waals surface area contributed by atoms with Gasteiger partial charge in [0.2, 0.25) is 0 Å². The second kappa shape index (κ2) is 5.00. The summed E-state index contributed by atoms with van der Waals surface area (Å²) in [6, 6.07) is 4.13. The number of halogens is 3. The van der Waals surface area contributed by atoms with Crippen molar-refractivity contribution in [3.63, 3.8) is 0 Å². The maximum atomic E-state index is 13.1. The van der Waals surface area contributed by atoms with Gasteiger partial charge in [0, 0.05) is 0 Å². The molecule has 0 spiro atoms. The van der Waals surface area contributed by atoms with Gasteiger partial charge in [-0.2, -0.15) is 0 Å². The highest BCUT2D eigenvalue weighted by Crippen LogP contribution is 2.34. The maximum Gasteiger partial charge on any atom is 0.133 e. The molecule has 2 aromatic rings. The molecule has 6 heteroatoms. The fourth-order valence-corrected chi connectivity index (χ4v) is 2.06. The highest BCUT2D eigenvalue weighted by Gasteiger charge is 2.10. The molecule has 1 aromatic carbocycles. The molecular formula is C12H10Cl2FN3. The number of hydrogen-bond donors (Lipinski definition) is 2. The number of hydrogen-bond acceptors (Lipinski definition) is 3. The number of nitrogens with zero attached hydrogens (tertiary/aromatic N) is 1. The number of aryl methyl sites for hydroxylation is 1. The Balaban J connectivity index is 2.40. The van der Waals surface area contributed by atoms with E-state index in [0.717, 1.165) is 5.56 Å². The average Bonchev–Trinajstić information content (AvgIpc) is 2.25. The minimum Gasteiger partial charge on any atom is -0.397 e. The van der Waals surface area contributed by atoms with Gasteiger partial charge in [-0.05, 0) is 30.7 Å². The summed E-state index contributed by atoms with van der Waals surface area (Å²) in [5, 5.41) is 3.35. The van der Waals surface area contributed by atoms with Gasteiger partial charge in [-0.1, -0.05) is 23.2 Å². The second-order valence-corrected chi connectivity index (χ2v) is 4.62. The van der Waals surface area contributed by atoms with E-state index in [2.05, 4.69) is 10.3 Å². The number of anilines is 3. The molecule has 2 rings (SSSR count). The molecule has 0 saturated heterocycles. The summed E-state index contributed by atoms with van der Waals surface area (Å²) < 4.78 is 13.1. The third-order valence-corrected chi connectivity index (χ3v) is 2.95. The number of rotatable bonds is 2. The molecular weight excluding hydrogens is 276 g/mol. The van der Waals surface area contributed by atoms with Crippen LogP contribution in [0.4, 0.5) is 21.6 Å². The fraction of sp³-hybridized carbons (Fsp3) is 0.0833. The van der Waals surface area contributed by atoms with Gasteiger partial charge in [0.1, 0.15) is 11.6 Å². The molecule has 0 bridgehead atoms. The van der Waals surface area contributed by atoms with Crippen LogP contribution in [-0.2, 0) is 0 Å². The summed E-state index contributed by atoms with van der Waals surface area (Å²) in [7, 11) is 0. The van der Waals surface area contributed by atoms with E-state index in [1.165, 1.54) is 18.3 Å². The van der Waals surface area contributed by atoms with Gasteiger partial charge in [-0.25, -0.2) is 9.37 Å². The summed E-state index contributed by atoms with van der Waals surface area (Å²) in [6.45, 7) is 1.84. The standard InChI is InChI=1S/C12H10Cl2FN3/c1-6-2-8(16)5-17-12(6)18-11-9(13)3-7(15)4-10(11)14/h2-5H,16H2,1H3,(H,17,18). The Morgan fingerprint density at radius 2 is 1.83 bits per heavy atom. The first-order valence-corrected chi connectivity index (χ1v) is 5.86. The molecule has 94 valence electrons. The Bertz CT molecular complexity index is 579. The zero-order chi connectivity index (χ0) is 13.3. The van der Waals surface area contributed by atoms with Crippen molar-refractivity contribution in [2.75, 3.05) is 11.1 Å². The molecule has 0 radical (unpaired) electrons. The van der Waals surface area contributed by atoms with Crippen molar-refractivity contribution in [2.24, 2.45) is 0 Å². The van der Waals surface area contributed by atoms with E-state index in [9.17, 15) is 4.39 Å². The molecule has 0 unspecified atom stereocenters. The zero-order valence-corrected chi connectivity index (χ0v) is 11.0. The van der Waals surface area contributed by atoms with Crippen molar-refractivity contribution < 1.29 is 4.39 Å². The summed E-state index contributed by atoms with van der Waals surface area (Å²) >= 11 is 11.9. The van der Waals surface area contributed by atoms with Crippen LogP contribution in [0.5, 0.6) is 0 Å². The molecule has 0 atom stereocenters. The first-order valence-electron chi connectivity index (χ1n) is 5.11. The number of benzene rings is 1. The number of aromatic nitrogens is 1. The van der Waals surface area contributed by atoms with Gasteiger partial charge in [0.05, 0.1) is 27.6 Å². The topological polar surface area (TPSA) is 50.9 Å². The van der Waals surface area contributed by atoms with E-state index in [1.54, 1.807) is 6.07 Å². The molecule has 3 nitrogen and oxygen atoms in total. The lowest BCUT2D eigenvalue weighted by Gasteiger charge is -2.12. The minimum atomic E-state index is -0.488. The molecule has 1 aromatic heterocycles. The SMILES string of the molecule is Cc1cc(N)cnc1Nc1c(Cl)cc(F)cc1Cl. The molecule has 0 aliphatic rings. The molecule has 0 saturated carbocycles. The van der Waals surface area contributed by atoms with E-state index in [-0.39, 0.29) is 10.0 Å². The van der Waals surface area contributed by atoms with Crippen molar-refractivity contribution in [3.8, 4) is 0 Å². The number of pyridine rings is 1. The van der Waals surface area contributed by atoms with E-state index in [4.69, 9.17) is 28.9 Å². The Hall–Kier alpha value is -1.52. The Morgan fingerprint density at radius 3 is 2.39 bits per heavy atom. The Labute approximate surface area is 114 Å². The van der Waals surface area contributed by atoms with Crippen molar-refractivity contribution >= 4 is 40.4 Å². The highest BCUT2D eigenvalue weighted by molar-refractivity contribution is 6.39. The summed E-state index contributed by atoms with van der Waals surface area (Å²) in [4.78, 5) is 4.13. The van der Waals surface area contributed by atoms with Crippen LogP contribution in [0.15, 0.2) is 24.4 Å². The average molecular weight is 286 g/mol. The predicted molar refractivity (Wildman–Crippen MR) is 73.1 cm³/mol. The molecule has 0 aliphatic heterocycles. The summed E-state index contributed by atoms with van der Waals surface area (Å²) in [5.41, 5.74) is 7.43. The molecule has 1 heterocycles. The lowest BCUT2D eigenvalue weighted by Crippen LogP contribution is -1.99. The number of nitrogens with one attached hydrogen (secondary N) is 1. The number of nitrogen functional groups attached to an aromatic ring is 1. The first kappa shape index (κ1) is 12.9. The number of nitrogens with two attached hydrogens (primary N) is 1. The summed E-state index contributed by atoms with van der Waals surface area (Å²) in [6.07, 6.45) is 1.51. The first-order chi connectivity index (χ1) is 8.47. The van der Waals surface area contributed by atoms with Crippen LogP contribution in [0, 0.1) is 12.7 Å². The van der Waals surface area contributed by atoms with Crippen LogP contribution in [0.25, 0.3) is 0 Å². The maximum absolute atomic E-state index is 13.1. The third-order valence-electron chi connectivity index (χ3n) is 2.35. The van der Waals surface area contributed by atoms with Gasteiger partial charge >= 0.3 is 0 Å². The minimum absolute atomic E-state index is 0.193. The van der Waals surface area contributed by atoms with Crippen molar-refractivity contribution in [1.29, 1.82) is 0 Å². The van der Waals surface area contributed by atoms with Crippen LogP contribution in [0.1, 0.15) is 5.56 Å². The quantitative estimate of drug-likeness (QED) is 0.871. The monoisotopic (exact) mass is 285 g/mol. The van der Waals surface area contributed by atoms with Crippen LogP contribution in [0.2, 0.25) is 10.0 Å². The van der Waals surface area contributed by atoms with Crippen LogP contribution >= 0.6 is 23.2 Å². The van der Waals surface area contributed by atoms with Gasteiger partial charge in [-0.15, -0.1) is 0 Å². The van der Waals surface area contributed by atoms with E-state index in [1.807, 2.05) is 6.92 Å². The summed E-state index contributed by atoms with van der Waals surface area (Å²) in [5.74, 6) is 0.0807. The van der Waals surface area contributed by atoms with E-state index < -0.39 is 5.82 Å². The van der Waals surface area contributed by atoms with Crippen LogP contribution in [0.3, 0.4) is 0 Å². The third kappa shape index (κ3) is 2.66. The van der Waals surface area contributed by atoms with Crippen molar-refractivity contribution in [3.05, 3.63) is 45.8 Å². The van der Waals surface area contributed by atoms with Crippen molar-refractivity contribution in [2.45, 2.75) is 6.92 Å². The predicted octanol–water partition coefficient (Wildman–Crippen LogP) is 4.16. The normalized spacial score (nSPS) is 10.4. The second-order valence-electron chi connectivity index (χ2n) is 3.80. The smallest absolute Gasteiger partial charge is 0.133 e. The van der Waals surface area contributed by atoms with E-state index >= 15 is 0 Å². The van der Waals surface area contributed by atoms with Gasteiger partial charge in [-0.3, -0.25) is 0 Å². The molecule has 0 amide bonds. The molecule has 0 fully saturated rings. The van der Waals surface area contributed by atoms with Gasteiger partial charge in [0.15, 0.2) is 0 Å². The van der Waals surface area contributed by atoms with E-state index in [0.29, 0.717) is 17.2 Å².